The number of para-hydroxylation sites is 1. The summed E-state index contributed by atoms with van der Waals surface area (Å²) in [5, 5.41) is 19.6. The number of carboxylic acids is 1. The molecule has 0 aliphatic carbocycles. The van der Waals surface area contributed by atoms with Crippen LogP contribution in [-0.2, 0) is 12.7 Å². The van der Waals surface area contributed by atoms with Crippen molar-refractivity contribution in [2.24, 2.45) is 0 Å². The van der Waals surface area contributed by atoms with Crippen LogP contribution >= 0.6 is 11.6 Å². The van der Waals surface area contributed by atoms with Crippen LogP contribution in [0.1, 0.15) is 27.3 Å². The maximum atomic E-state index is 13.3. The van der Waals surface area contributed by atoms with Gasteiger partial charge in [-0.15, -0.1) is 0 Å². The highest BCUT2D eigenvalue weighted by Crippen LogP contribution is 2.39. The molecule has 0 amide bonds. The van der Waals surface area contributed by atoms with Crippen LogP contribution in [0.3, 0.4) is 0 Å². The zero-order chi connectivity index (χ0) is 28.8. The maximum Gasteiger partial charge on any atom is 0.416 e. The molecule has 8 nitrogen and oxygen atoms in total. The Kier molecular flexibility index (Phi) is 6.73. The van der Waals surface area contributed by atoms with E-state index < -0.39 is 28.8 Å². The Bertz CT molecular complexity index is 1920. The molecular formula is C28H17ClF3N3O5. The summed E-state index contributed by atoms with van der Waals surface area (Å²) in [6, 6.07) is 12.6. The lowest BCUT2D eigenvalue weighted by Crippen LogP contribution is -2.27. The summed E-state index contributed by atoms with van der Waals surface area (Å²) in [5.41, 5.74) is -1.16. The number of hydrogen-bond acceptors (Lipinski definition) is 6. The molecule has 1 N–H and O–H groups in total. The predicted octanol–water partition coefficient (Wildman–Crippen LogP) is 6.44. The molecule has 0 fully saturated rings. The molecule has 0 bridgehead atoms. The lowest BCUT2D eigenvalue weighted by Gasteiger charge is -2.15. The van der Waals surface area contributed by atoms with Gasteiger partial charge >= 0.3 is 12.1 Å². The summed E-state index contributed by atoms with van der Waals surface area (Å²) >= 11 is 6.23. The van der Waals surface area contributed by atoms with E-state index in [2.05, 4.69) is 4.98 Å². The quantitative estimate of drug-likeness (QED) is 0.251. The minimum atomic E-state index is -4.70. The average Bonchev–Trinajstić information content (AvgIpc) is 3.34. The topological polar surface area (TPSA) is 118 Å². The highest BCUT2D eigenvalue weighted by atomic mass is 35.5. The van der Waals surface area contributed by atoms with Crippen molar-refractivity contribution in [2.45, 2.75) is 19.6 Å². The minimum Gasteiger partial charge on any atom is -0.491 e. The third kappa shape index (κ3) is 4.74. The molecule has 0 atom stereocenters. The van der Waals surface area contributed by atoms with Gasteiger partial charge in [-0.05, 0) is 43.3 Å². The molecule has 40 heavy (non-hydrogen) atoms. The largest absolute Gasteiger partial charge is 0.491 e. The van der Waals surface area contributed by atoms with E-state index in [1.807, 2.05) is 0 Å². The fourth-order valence-electron chi connectivity index (χ4n) is 4.49. The number of benzene rings is 3. The number of halogens is 4. The van der Waals surface area contributed by atoms with Crippen molar-refractivity contribution in [3.05, 3.63) is 92.7 Å². The number of carboxylic acid groups (broad SMARTS) is 1. The molecule has 0 aliphatic heterocycles. The number of nitrogens with zero attached hydrogens (tertiary/aromatic N) is 3. The summed E-state index contributed by atoms with van der Waals surface area (Å²) in [6.45, 7) is 1.39. The summed E-state index contributed by atoms with van der Waals surface area (Å²) in [4.78, 5) is 29.0. The SMILES string of the molecule is Cc1nc2cc(C(F)(F)F)cc(C#N)c2c(=O)n1CCOc1ccc(Cl)cc1-c1coc2c(C(=O)O)cccc12. The van der Waals surface area contributed by atoms with Gasteiger partial charge in [-0.3, -0.25) is 9.36 Å². The molecule has 0 radical (unpaired) electrons. The van der Waals surface area contributed by atoms with Gasteiger partial charge in [-0.1, -0.05) is 23.7 Å². The molecule has 12 heteroatoms. The predicted molar refractivity (Wildman–Crippen MR) is 140 cm³/mol. The van der Waals surface area contributed by atoms with E-state index in [0.29, 0.717) is 33.4 Å². The third-order valence-corrected chi connectivity index (χ3v) is 6.57. The first-order valence-electron chi connectivity index (χ1n) is 11.7. The van der Waals surface area contributed by atoms with Crippen LogP contribution in [0.5, 0.6) is 5.75 Å². The van der Waals surface area contributed by atoms with Crippen LogP contribution in [-0.4, -0.2) is 27.2 Å². The van der Waals surface area contributed by atoms with Crippen molar-refractivity contribution < 1.29 is 32.2 Å². The Morgan fingerprint density at radius 1 is 1.20 bits per heavy atom. The summed E-state index contributed by atoms with van der Waals surface area (Å²) in [6.07, 6.45) is -3.31. The molecule has 0 aliphatic rings. The van der Waals surface area contributed by atoms with Crippen LogP contribution in [0.15, 0.2) is 64.0 Å². The lowest BCUT2D eigenvalue weighted by molar-refractivity contribution is -0.137. The first-order chi connectivity index (χ1) is 19.0. The van der Waals surface area contributed by atoms with Gasteiger partial charge < -0.3 is 14.3 Å². The number of nitriles is 1. The number of aryl methyl sites for hydroxylation is 1. The van der Waals surface area contributed by atoms with E-state index in [1.54, 1.807) is 36.4 Å². The normalized spacial score (nSPS) is 11.6. The zero-order valence-corrected chi connectivity index (χ0v) is 21.3. The van der Waals surface area contributed by atoms with Crippen molar-refractivity contribution >= 4 is 39.4 Å². The average molecular weight is 568 g/mol. The van der Waals surface area contributed by atoms with Crippen molar-refractivity contribution in [1.82, 2.24) is 9.55 Å². The Balaban J connectivity index is 1.48. The van der Waals surface area contributed by atoms with Crippen molar-refractivity contribution in [2.75, 3.05) is 6.61 Å². The van der Waals surface area contributed by atoms with E-state index in [4.69, 9.17) is 20.8 Å². The van der Waals surface area contributed by atoms with Gasteiger partial charge in [0.15, 0.2) is 0 Å². The number of aromatic nitrogens is 2. The molecule has 202 valence electrons. The second kappa shape index (κ2) is 10.1. The molecule has 0 spiro atoms. The van der Waals surface area contributed by atoms with E-state index in [0.717, 1.165) is 6.07 Å². The number of aromatic carboxylic acids is 1. The van der Waals surface area contributed by atoms with Gasteiger partial charge in [-0.25, -0.2) is 9.78 Å². The molecule has 2 aromatic heterocycles. The van der Waals surface area contributed by atoms with Gasteiger partial charge in [0.05, 0.1) is 34.8 Å². The van der Waals surface area contributed by atoms with E-state index in [-0.39, 0.29) is 41.0 Å². The molecule has 2 heterocycles. The lowest BCUT2D eigenvalue weighted by atomic mass is 10.0. The number of hydrogen-bond donors (Lipinski definition) is 1. The summed E-state index contributed by atoms with van der Waals surface area (Å²) < 4.78 is 52.5. The number of ether oxygens (including phenoxy) is 1. The van der Waals surface area contributed by atoms with Gasteiger partial charge in [0.2, 0.25) is 0 Å². The zero-order valence-electron chi connectivity index (χ0n) is 20.5. The first kappa shape index (κ1) is 26.8. The second-order valence-corrected chi connectivity index (χ2v) is 9.21. The Morgan fingerprint density at radius 2 is 1.98 bits per heavy atom. The number of furan rings is 1. The maximum absolute atomic E-state index is 13.3. The smallest absolute Gasteiger partial charge is 0.416 e. The highest BCUT2D eigenvalue weighted by molar-refractivity contribution is 6.31. The van der Waals surface area contributed by atoms with Crippen molar-refractivity contribution in [1.29, 1.82) is 5.26 Å². The van der Waals surface area contributed by atoms with Gasteiger partial charge in [0.1, 0.15) is 35.4 Å². The molecule has 5 rings (SSSR count). The summed E-state index contributed by atoms with van der Waals surface area (Å²) in [7, 11) is 0. The third-order valence-electron chi connectivity index (χ3n) is 6.33. The van der Waals surface area contributed by atoms with E-state index in [1.165, 1.54) is 23.8 Å². The van der Waals surface area contributed by atoms with Gasteiger partial charge in [-0.2, -0.15) is 18.4 Å². The van der Waals surface area contributed by atoms with Gasteiger partial charge in [0, 0.05) is 21.5 Å². The molecule has 0 saturated heterocycles. The van der Waals surface area contributed by atoms with Crippen LogP contribution < -0.4 is 10.3 Å². The highest BCUT2D eigenvalue weighted by Gasteiger charge is 2.32. The fourth-order valence-corrected chi connectivity index (χ4v) is 4.66. The van der Waals surface area contributed by atoms with Crippen molar-refractivity contribution in [3.63, 3.8) is 0 Å². The number of carbonyl (C=O) groups is 1. The fraction of sp³-hybridized carbons (Fsp3) is 0.143. The standard InChI is InChI=1S/C28H17ClF3N3O5/c1-14-34-22-10-16(28(30,31)32)9-15(12-33)24(22)26(36)35(14)7-8-39-23-6-5-17(29)11-20(23)21-13-40-25-18(21)3-2-4-19(25)27(37)38/h2-6,9-11,13H,7-8H2,1H3,(H,37,38). The second-order valence-electron chi connectivity index (χ2n) is 8.77. The molecule has 0 unspecified atom stereocenters. The molecule has 3 aromatic carbocycles. The van der Waals surface area contributed by atoms with E-state index >= 15 is 0 Å². The molecule has 5 aromatic rings. The number of rotatable bonds is 6. The minimum absolute atomic E-state index is 0.00834. The monoisotopic (exact) mass is 567 g/mol. The molecular weight excluding hydrogens is 551 g/mol. The van der Waals surface area contributed by atoms with Crippen LogP contribution in [0.4, 0.5) is 13.2 Å². The van der Waals surface area contributed by atoms with Crippen LogP contribution in [0, 0.1) is 18.3 Å². The molecule has 0 saturated carbocycles. The Morgan fingerprint density at radius 3 is 2.67 bits per heavy atom. The van der Waals surface area contributed by atoms with Gasteiger partial charge in [0.25, 0.3) is 5.56 Å². The van der Waals surface area contributed by atoms with Crippen molar-refractivity contribution in [3.8, 4) is 22.9 Å². The number of fused-ring (bicyclic) bond motifs is 2. The van der Waals surface area contributed by atoms with Crippen LogP contribution in [0.2, 0.25) is 5.02 Å². The Labute approximate surface area is 228 Å². The number of alkyl halides is 3. The summed E-state index contributed by atoms with van der Waals surface area (Å²) in [5.74, 6) is -0.643. The van der Waals surface area contributed by atoms with Crippen LogP contribution in [0.25, 0.3) is 33.0 Å². The Hall–Kier alpha value is -4.82. The first-order valence-corrected chi connectivity index (χ1v) is 12.1. The van der Waals surface area contributed by atoms with E-state index in [9.17, 15) is 33.1 Å².